The smallest absolute Gasteiger partial charge is 0.334 e. The summed E-state index contributed by atoms with van der Waals surface area (Å²) < 4.78 is 4.88. The van der Waals surface area contributed by atoms with E-state index in [0.29, 0.717) is 19.6 Å². The third-order valence-electron chi connectivity index (χ3n) is 3.70. The summed E-state index contributed by atoms with van der Waals surface area (Å²) in [5.41, 5.74) is 0. The van der Waals surface area contributed by atoms with Crippen molar-refractivity contribution in [2.45, 2.75) is 77.2 Å². The molecule has 0 radical (unpaired) electrons. The van der Waals surface area contributed by atoms with Crippen molar-refractivity contribution in [3.05, 3.63) is 0 Å². The summed E-state index contributed by atoms with van der Waals surface area (Å²) in [6, 6.07) is 0. The molecule has 6 nitrogen and oxygen atoms in total. The van der Waals surface area contributed by atoms with Crippen LogP contribution in [0.25, 0.3) is 0 Å². The molecule has 1 heterocycles. The van der Waals surface area contributed by atoms with Gasteiger partial charge in [0.15, 0.2) is 6.10 Å². The van der Waals surface area contributed by atoms with Gasteiger partial charge in [0, 0.05) is 19.5 Å². The summed E-state index contributed by atoms with van der Waals surface area (Å²) >= 11 is 0. The van der Waals surface area contributed by atoms with Gasteiger partial charge in [0.1, 0.15) is 0 Å². The largest absolute Gasteiger partial charge is 0.481 e. The van der Waals surface area contributed by atoms with Gasteiger partial charge in [-0.3, -0.25) is 4.79 Å². The van der Waals surface area contributed by atoms with E-state index in [4.69, 9.17) is 14.9 Å². The van der Waals surface area contributed by atoms with E-state index in [0.717, 1.165) is 19.4 Å². The summed E-state index contributed by atoms with van der Waals surface area (Å²) in [4.78, 5) is 20.4. The highest BCUT2D eigenvalue weighted by Crippen LogP contribution is 2.10. The number of carbonyl (C=O) groups is 2. The van der Waals surface area contributed by atoms with Crippen molar-refractivity contribution in [3.63, 3.8) is 0 Å². The van der Waals surface area contributed by atoms with Gasteiger partial charge >= 0.3 is 11.9 Å². The minimum absolute atomic E-state index is 0.343. The molecule has 0 aromatic rings. The third-order valence-corrected chi connectivity index (χ3v) is 3.70. The van der Waals surface area contributed by atoms with Crippen molar-refractivity contribution in [1.82, 2.24) is 5.32 Å². The van der Waals surface area contributed by atoms with Crippen LogP contribution < -0.4 is 5.32 Å². The summed E-state index contributed by atoms with van der Waals surface area (Å²) in [7, 11) is 0. The second-order valence-electron chi connectivity index (χ2n) is 5.87. The van der Waals surface area contributed by atoms with Crippen molar-refractivity contribution >= 4 is 11.9 Å². The molecule has 1 atom stereocenters. The molecular formula is C17H33NO5. The fraction of sp³-hybridized carbons (Fsp3) is 0.882. The maximum Gasteiger partial charge on any atom is 0.334 e. The number of ether oxygens (including phenoxy) is 1. The predicted molar refractivity (Wildman–Crippen MR) is 89.7 cm³/mol. The quantitative estimate of drug-likeness (QED) is 0.504. The number of morpholine rings is 1. The first kappa shape index (κ1) is 21.9. The average Bonchev–Trinajstić information content (AvgIpc) is 2.54. The third kappa shape index (κ3) is 15.5. The van der Waals surface area contributed by atoms with Crippen LogP contribution in [0.1, 0.15) is 71.1 Å². The first-order chi connectivity index (χ1) is 11.1. The van der Waals surface area contributed by atoms with Crippen molar-refractivity contribution in [2.75, 3.05) is 19.7 Å². The molecule has 0 saturated carbocycles. The van der Waals surface area contributed by atoms with Gasteiger partial charge in [0.2, 0.25) is 0 Å². The number of carboxylic acid groups (broad SMARTS) is 2. The van der Waals surface area contributed by atoms with Crippen molar-refractivity contribution in [2.24, 2.45) is 0 Å². The lowest BCUT2D eigenvalue weighted by Gasteiger charge is -2.19. The number of hydrogen-bond donors (Lipinski definition) is 3. The van der Waals surface area contributed by atoms with Crippen molar-refractivity contribution in [1.29, 1.82) is 0 Å². The molecule has 3 N–H and O–H groups in total. The van der Waals surface area contributed by atoms with Gasteiger partial charge in [-0.15, -0.1) is 0 Å². The minimum Gasteiger partial charge on any atom is -0.481 e. The first-order valence-corrected chi connectivity index (χ1v) is 8.84. The highest BCUT2D eigenvalue weighted by Gasteiger charge is 2.19. The average molecular weight is 331 g/mol. The number of hydrogen-bond acceptors (Lipinski definition) is 4. The van der Waals surface area contributed by atoms with E-state index in [1.54, 1.807) is 0 Å². The van der Waals surface area contributed by atoms with Crippen LogP contribution in [0.15, 0.2) is 0 Å². The SMILES string of the molecule is CCCCCCCCCCCC(=O)O.O=C(O)C1CNCCO1. The predicted octanol–water partition coefficient (Wildman–Crippen LogP) is 3.05. The van der Waals surface area contributed by atoms with Crippen LogP contribution in [-0.4, -0.2) is 48.0 Å². The summed E-state index contributed by atoms with van der Waals surface area (Å²) in [5.74, 6) is -1.55. The van der Waals surface area contributed by atoms with Crippen LogP contribution in [-0.2, 0) is 14.3 Å². The van der Waals surface area contributed by atoms with Crippen LogP contribution in [0.4, 0.5) is 0 Å². The zero-order chi connectivity index (χ0) is 17.3. The molecule has 1 aliphatic rings. The molecule has 0 bridgehead atoms. The van der Waals surface area contributed by atoms with Crippen LogP contribution in [0.5, 0.6) is 0 Å². The van der Waals surface area contributed by atoms with Crippen LogP contribution in [0.3, 0.4) is 0 Å². The van der Waals surface area contributed by atoms with Gasteiger partial charge in [0.05, 0.1) is 6.61 Å². The maximum atomic E-state index is 10.2. The molecule has 136 valence electrons. The number of unbranched alkanes of at least 4 members (excludes halogenated alkanes) is 8. The van der Waals surface area contributed by atoms with Gasteiger partial charge in [-0.05, 0) is 6.42 Å². The van der Waals surface area contributed by atoms with Gasteiger partial charge in [0.25, 0.3) is 0 Å². The second-order valence-corrected chi connectivity index (χ2v) is 5.87. The molecule has 23 heavy (non-hydrogen) atoms. The fourth-order valence-corrected chi connectivity index (χ4v) is 2.31. The number of nitrogens with one attached hydrogen (secondary N) is 1. The summed E-state index contributed by atoms with van der Waals surface area (Å²) in [5, 5.41) is 19.7. The number of carboxylic acids is 2. The Balaban J connectivity index is 0.000000459. The van der Waals surface area contributed by atoms with Crippen molar-refractivity contribution in [3.8, 4) is 0 Å². The molecule has 6 heteroatoms. The first-order valence-electron chi connectivity index (χ1n) is 8.84. The lowest BCUT2D eigenvalue weighted by Crippen LogP contribution is -2.42. The Bertz CT molecular complexity index is 303. The van der Waals surface area contributed by atoms with Crippen LogP contribution in [0, 0.1) is 0 Å². The van der Waals surface area contributed by atoms with Gasteiger partial charge in [-0.2, -0.15) is 0 Å². The Labute approximate surface area is 139 Å². The summed E-state index contributed by atoms with van der Waals surface area (Å²) in [6.07, 6.45) is 10.8. The molecule has 1 rings (SSSR count). The molecule has 0 amide bonds. The van der Waals surface area contributed by atoms with E-state index >= 15 is 0 Å². The molecule has 1 fully saturated rings. The van der Waals surface area contributed by atoms with E-state index in [1.165, 1.54) is 44.9 Å². The van der Waals surface area contributed by atoms with Gasteiger partial charge in [-0.1, -0.05) is 58.3 Å². The highest BCUT2D eigenvalue weighted by molar-refractivity contribution is 5.72. The van der Waals surface area contributed by atoms with E-state index in [1.807, 2.05) is 0 Å². The topological polar surface area (TPSA) is 95.9 Å². The molecule has 0 aliphatic carbocycles. The Hall–Kier alpha value is -1.14. The number of aliphatic carboxylic acids is 2. The van der Waals surface area contributed by atoms with Crippen LogP contribution >= 0.6 is 0 Å². The van der Waals surface area contributed by atoms with E-state index in [-0.39, 0.29) is 0 Å². The second kappa shape index (κ2) is 15.7. The zero-order valence-corrected chi connectivity index (χ0v) is 14.4. The lowest BCUT2D eigenvalue weighted by atomic mass is 10.1. The molecule has 1 aliphatic heterocycles. The Kier molecular flexibility index (Phi) is 15.0. The van der Waals surface area contributed by atoms with E-state index in [9.17, 15) is 9.59 Å². The standard InChI is InChI=1S/C12H24O2.C5H9NO3/c1-2-3-4-5-6-7-8-9-10-11-12(13)14;7-5(8)4-3-6-1-2-9-4/h2-11H2,1H3,(H,13,14);4,6H,1-3H2,(H,7,8). The normalized spacial score (nSPS) is 17.2. The minimum atomic E-state index is -0.887. The Morgan fingerprint density at radius 1 is 1.00 bits per heavy atom. The lowest BCUT2D eigenvalue weighted by molar-refractivity contribution is -0.151. The zero-order valence-electron chi connectivity index (χ0n) is 14.4. The maximum absolute atomic E-state index is 10.2. The molecule has 0 spiro atoms. The Morgan fingerprint density at radius 3 is 1.96 bits per heavy atom. The monoisotopic (exact) mass is 331 g/mol. The number of rotatable bonds is 11. The fourth-order valence-electron chi connectivity index (χ4n) is 2.31. The van der Waals surface area contributed by atoms with Crippen LogP contribution in [0.2, 0.25) is 0 Å². The highest BCUT2D eigenvalue weighted by atomic mass is 16.5. The van der Waals surface area contributed by atoms with E-state index < -0.39 is 18.0 Å². The van der Waals surface area contributed by atoms with Crippen molar-refractivity contribution < 1.29 is 24.5 Å². The molecular weight excluding hydrogens is 298 g/mol. The molecule has 0 aromatic carbocycles. The molecule has 1 saturated heterocycles. The molecule has 0 aromatic heterocycles. The molecule has 1 unspecified atom stereocenters. The van der Waals surface area contributed by atoms with E-state index in [2.05, 4.69) is 12.2 Å². The Morgan fingerprint density at radius 2 is 1.57 bits per heavy atom. The summed E-state index contributed by atoms with van der Waals surface area (Å²) in [6.45, 7) is 3.90. The van der Waals surface area contributed by atoms with Gasteiger partial charge < -0.3 is 20.3 Å². The van der Waals surface area contributed by atoms with Gasteiger partial charge in [-0.25, -0.2) is 4.79 Å².